The smallest absolute Gasteiger partial charge is 0.138 e. The van der Waals surface area contributed by atoms with E-state index in [0.29, 0.717) is 11.8 Å². The predicted molar refractivity (Wildman–Crippen MR) is 79.2 cm³/mol. The molecule has 1 aromatic rings. The molecule has 1 aromatic carbocycles. The zero-order valence-electron chi connectivity index (χ0n) is 11.8. The molecule has 1 atom stereocenters. The first-order valence-corrected chi connectivity index (χ1v) is 7.32. The van der Waals surface area contributed by atoms with Crippen molar-refractivity contribution in [3.63, 3.8) is 0 Å². The summed E-state index contributed by atoms with van der Waals surface area (Å²) < 4.78 is 0. The van der Waals surface area contributed by atoms with Gasteiger partial charge in [-0.25, -0.2) is 0 Å². The second-order valence-corrected chi connectivity index (χ2v) is 5.00. The van der Waals surface area contributed by atoms with Crippen LogP contribution in [0.4, 0.5) is 5.69 Å². The number of aromatic hydroxyl groups is 1. The van der Waals surface area contributed by atoms with Gasteiger partial charge in [-0.05, 0) is 25.0 Å². The van der Waals surface area contributed by atoms with Crippen LogP contribution in [0, 0.1) is 0 Å². The van der Waals surface area contributed by atoms with Gasteiger partial charge in [0.15, 0.2) is 0 Å². The van der Waals surface area contributed by atoms with Crippen LogP contribution in [0.15, 0.2) is 24.3 Å². The number of hydrogen-bond acceptors (Lipinski definition) is 2. The summed E-state index contributed by atoms with van der Waals surface area (Å²) in [5.74, 6) is 0.356. The van der Waals surface area contributed by atoms with Gasteiger partial charge in [0, 0.05) is 6.04 Å². The standard InChI is InChI=1S/C16H27NO/c1-3-5-7-11-14(10-6-4-2)17-15-12-8-9-13-16(15)18/h8-9,12-14,17-18H,3-7,10-11H2,1-2H3. The minimum Gasteiger partial charge on any atom is -0.506 e. The van der Waals surface area contributed by atoms with E-state index >= 15 is 0 Å². The Morgan fingerprint density at radius 1 is 1.00 bits per heavy atom. The van der Waals surface area contributed by atoms with Gasteiger partial charge in [-0.3, -0.25) is 0 Å². The maximum atomic E-state index is 9.79. The molecule has 2 heteroatoms. The molecule has 0 aliphatic rings. The lowest BCUT2D eigenvalue weighted by molar-refractivity contribution is 0.473. The van der Waals surface area contributed by atoms with E-state index in [1.165, 1.54) is 44.9 Å². The first-order chi connectivity index (χ1) is 8.77. The third-order valence-corrected chi connectivity index (χ3v) is 3.33. The molecule has 0 bridgehead atoms. The van der Waals surface area contributed by atoms with Crippen molar-refractivity contribution in [2.45, 2.75) is 64.8 Å². The van der Waals surface area contributed by atoms with Gasteiger partial charge in [0.2, 0.25) is 0 Å². The van der Waals surface area contributed by atoms with Gasteiger partial charge in [0.1, 0.15) is 5.75 Å². The first kappa shape index (κ1) is 14.9. The maximum Gasteiger partial charge on any atom is 0.138 e. The maximum absolute atomic E-state index is 9.79. The number of para-hydroxylation sites is 2. The predicted octanol–water partition coefficient (Wildman–Crippen LogP) is 4.94. The summed E-state index contributed by atoms with van der Waals surface area (Å²) in [5, 5.41) is 13.3. The molecule has 1 unspecified atom stereocenters. The fourth-order valence-corrected chi connectivity index (χ4v) is 2.20. The van der Waals surface area contributed by atoms with E-state index in [-0.39, 0.29) is 0 Å². The number of anilines is 1. The molecule has 102 valence electrons. The highest BCUT2D eigenvalue weighted by molar-refractivity contribution is 5.55. The van der Waals surface area contributed by atoms with Gasteiger partial charge < -0.3 is 10.4 Å². The van der Waals surface area contributed by atoms with Gasteiger partial charge in [0.05, 0.1) is 5.69 Å². The quantitative estimate of drug-likeness (QED) is 0.480. The Labute approximate surface area is 111 Å². The minimum atomic E-state index is 0.356. The van der Waals surface area contributed by atoms with Crippen LogP contribution >= 0.6 is 0 Å². The molecule has 18 heavy (non-hydrogen) atoms. The molecule has 0 heterocycles. The van der Waals surface area contributed by atoms with Crippen molar-refractivity contribution in [3.05, 3.63) is 24.3 Å². The Balaban J connectivity index is 2.51. The molecule has 0 aromatic heterocycles. The lowest BCUT2D eigenvalue weighted by atomic mass is 10.0. The van der Waals surface area contributed by atoms with E-state index in [4.69, 9.17) is 0 Å². The zero-order valence-corrected chi connectivity index (χ0v) is 11.8. The molecular formula is C16H27NO. The lowest BCUT2D eigenvalue weighted by Crippen LogP contribution is -2.19. The molecule has 2 nitrogen and oxygen atoms in total. The van der Waals surface area contributed by atoms with Gasteiger partial charge in [-0.1, -0.05) is 58.1 Å². The number of phenolic OH excluding ortho intramolecular Hbond substituents is 1. The van der Waals surface area contributed by atoms with Crippen LogP contribution in [-0.2, 0) is 0 Å². The summed E-state index contributed by atoms with van der Waals surface area (Å²) in [6, 6.07) is 8.01. The average Bonchev–Trinajstić information content (AvgIpc) is 2.38. The van der Waals surface area contributed by atoms with Crippen molar-refractivity contribution in [2.75, 3.05) is 5.32 Å². The highest BCUT2D eigenvalue weighted by Gasteiger charge is 2.09. The number of rotatable bonds is 9. The van der Waals surface area contributed by atoms with E-state index in [2.05, 4.69) is 19.2 Å². The van der Waals surface area contributed by atoms with Crippen LogP contribution in [0.5, 0.6) is 5.75 Å². The summed E-state index contributed by atoms with van der Waals surface area (Å²) in [5.41, 5.74) is 0.870. The highest BCUT2D eigenvalue weighted by Crippen LogP contribution is 2.24. The zero-order chi connectivity index (χ0) is 13.2. The summed E-state index contributed by atoms with van der Waals surface area (Å²) >= 11 is 0. The van der Waals surface area contributed by atoms with Crippen molar-refractivity contribution in [3.8, 4) is 5.75 Å². The third kappa shape index (κ3) is 5.44. The Kier molecular flexibility index (Phi) is 7.31. The van der Waals surface area contributed by atoms with Crippen molar-refractivity contribution in [1.29, 1.82) is 0 Å². The highest BCUT2D eigenvalue weighted by atomic mass is 16.3. The minimum absolute atomic E-state index is 0.356. The topological polar surface area (TPSA) is 32.3 Å². The molecule has 0 fully saturated rings. The second-order valence-electron chi connectivity index (χ2n) is 5.00. The molecule has 0 aliphatic carbocycles. The first-order valence-electron chi connectivity index (χ1n) is 7.32. The molecule has 1 rings (SSSR count). The number of hydrogen-bond donors (Lipinski definition) is 2. The molecule has 0 saturated carbocycles. The Morgan fingerprint density at radius 3 is 2.33 bits per heavy atom. The van der Waals surface area contributed by atoms with Crippen LogP contribution in [0.1, 0.15) is 58.8 Å². The molecule has 0 spiro atoms. The molecule has 2 N–H and O–H groups in total. The van der Waals surface area contributed by atoms with Crippen LogP contribution < -0.4 is 5.32 Å². The second kappa shape index (κ2) is 8.84. The summed E-state index contributed by atoms with van der Waals surface area (Å²) in [4.78, 5) is 0. The average molecular weight is 249 g/mol. The van der Waals surface area contributed by atoms with Crippen LogP contribution in [0.25, 0.3) is 0 Å². The Bertz CT molecular complexity index is 325. The fourth-order valence-electron chi connectivity index (χ4n) is 2.20. The Hall–Kier alpha value is -1.18. The van der Waals surface area contributed by atoms with Gasteiger partial charge in [0.25, 0.3) is 0 Å². The van der Waals surface area contributed by atoms with E-state index in [0.717, 1.165) is 5.69 Å². The summed E-state index contributed by atoms with van der Waals surface area (Å²) in [7, 11) is 0. The normalized spacial score (nSPS) is 12.3. The molecule has 0 aliphatic heterocycles. The van der Waals surface area contributed by atoms with Crippen LogP contribution in [0.2, 0.25) is 0 Å². The van der Waals surface area contributed by atoms with Crippen molar-refractivity contribution < 1.29 is 5.11 Å². The molecule has 0 amide bonds. The van der Waals surface area contributed by atoms with Crippen LogP contribution in [0.3, 0.4) is 0 Å². The third-order valence-electron chi connectivity index (χ3n) is 3.33. The van der Waals surface area contributed by atoms with Gasteiger partial charge >= 0.3 is 0 Å². The largest absolute Gasteiger partial charge is 0.506 e. The summed E-state index contributed by atoms with van der Waals surface area (Å²) in [6.45, 7) is 4.46. The number of unbranched alkanes of at least 4 members (excludes halogenated alkanes) is 3. The number of benzene rings is 1. The van der Waals surface area contributed by atoms with Crippen LogP contribution in [-0.4, -0.2) is 11.1 Å². The van der Waals surface area contributed by atoms with Crippen molar-refractivity contribution >= 4 is 5.69 Å². The molecular weight excluding hydrogens is 222 g/mol. The van der Waals surface area contributed by atoms with Gasteiger partial charge in [-0.15, -0.1) is 0 Å². The molecule has 0 saturated heterocycles. The Morgan fingerprint density at radius 2 is 1.67 bits per heavy atom. The lowest BCUT2D eigenvalue weighted by Gasteiger charge is -2.20. The fraction of sp³-hybridized carbons (Fsp3) is 0.625. The number of phenols is 1. The van der Waals surface area contributed by atoms with E-state index < -0.39 is 0 Å². The molecule has 0 radical (unpaired) electrons. The number of nitrogens with one attached hydrogen (secondary N) is 1. The summed E-state index contributed by atoms with van der Waals surface area (Å²) in [6.07, 6.45) is 8.69. The van der Waals surface area contributed by atoms with Crippen molar-refractivity contribution in [1.82, 2.24) is 0 Å². The van der Waals surface area contributed by atoms with E-state index in [1.54, 1.807) is 6.07 Å². The SMILES string of the molecule is CCCCCC(CCCC)Nc1ccccc1O. The monoisotopic (exact) mass is 249 g/mol. The van der Waals surface area contributed by atoms with E-state index in [1.807, 2.05) is 18.2 Å². The van der Waals surface area contributed by atoms with Gasteiger partial charge in [-0.2, -0.15) is 0 Å². The van der Waals surface area contributed by atoms with Crippen molar-refractivity contribution in [2.24, 2.45) is 0 Å². The van der Waals surface area contributed by atoms with E-state index in [9.17, 15) is 5.11 Å².